The van der Waals surface area contributed by atoms with Gasteiger partial charge in [0, 0.05) is 11.3 Å². The van der Waals surface area contributed by atoms with Crippen LogP contribution in [0.15, 0.2) is 0 Å². The molecule has 1 N–H and O–H groups in total. The normalized spacial score (nSPS) is 10.8. The third-order valence-corrected chi connectivity index (χ3v) is 5.61. The third kappa shape index (κ3) is 3.59. The minimum atomic E-state index is -0.503. The van der Waals surface area contributed by atoms with Crippen LogP contribution in [0.1, 0.15) is 77.2 Å². The lowest BCUT2D eigenvalue weighted by Crippen LogP contribution is -2.18. The highest BCUT2D eigenvalue weighted by atomic mass is 16.5. The molecule has 0 bridgehead atoms. The van der Waals surface area contributed by atoms with Crippen molar-refractivity contribution in [1.82, 2.24) is 4.98 Å². The Bertz CT molecular complexity index is 934. The first-order valence-electron chi connectivity index (χ1n) is 8.96. The predicted octanol–water partition coefficient (Wildman–Crippen LogP) is 4.42. The van der Waals surface area contributed by atoms with Crippen molar-refractivity contribution in [3.05, 3.63) is 55.9 Å². The molecule has 0 radical (unpaired) electrons. The SMILES string of the molecule is CC(=O)c1c(C)[nH]c(C(=O)COC(=O)c2c(C)c(C)c(C)c(C)c2C)c1C. The summed E-state index contributed by atoms with van der Waals surface area (Å²) < 4.78 is 5.33. The highest BCUT2D eigenvalue weighted by molar-refractivity contribution is 6.04. The van der Waals surface area contributed by atoms with Crippen LogP contribution >= 0.6 is 0 Å². The fourth-order valence-corrected chi connectivity index (χ4v) is 3.64. The van der Waals surface area contributed by atoms with Gasteiger partial charge in [-0.2, -0.15) is 0 Å². The van der Waals surface area contributed by atoms with Crippen molar-refractivity contribution in [1.29, 1.82) is 0 Å². The van der Waals surface area contributed by atoms with Crippen molar-refractivity contribution in [2.24, 2.45) is 0 Å². The summed E-state index contributed by atoms with van der Waals surface area (Å²) >= 11 is 0. The van der Waals surface area contributed by atoms with E-state index in [1.54, 1.807) is 13.8 Å². The number of H-pyrrole nitrogens is 1. The third-order valence-electron chi connectivity index (χ3n) is 5.61. The summed E-state index contributed by atoms with van der Waals surface area (Å²) in [4.78, 5) is 39.9. The van der Waals surface area contributed by atoms with Crippen molar-refractivity contribution in [3.8, 4) is 0 Å². The Morgan fingerprint density at radius 1 is 0.741 bits per heavy atom. The van der Waals surface area contributed by atoms with Gasteiger partial charge < -0.3 is 9.72 Å². The highest BCUT2D eigenvalue weighted by Crippen LogP contribution is 2.27. The Morgan fingerprint density at radius 3 is 1.67 bits per heavy atom. The van der Waals surface area contributed by atoms with Crippen molar-refractivity contribution in [2.75, 3.05) is 6.61 Å². The molecule has 0 aliphatic heterocycles. The van der Waals surface area contributed by atoms with Gasteiger partial charge in [-0.05, 0) is 88.8 Å². The molecular weight excluding hydrogens is 342 g/mol. The summed E-state index contributed by atoms with van der Waals surface area (Å²) in [7, 11) is 0. The van der Waals surface area contributed by atoms with Crippen LogP contribution < -0.4 is 0 Å². The largest absolute Gasteiger partial charge is 0.454 e. The molecule has 27 heavy (non-hydrogen) atoms. The number of aromatic nitrogens is 1. The van der Waals surface area contributed by atoms with E-state index in [9.17, 15) is 14.4 Å². The second-order valence-corrected chi connectivity index (χ2v) is 7.18. The monoisotopic (exact) mass is 369 g/mol. The van der Waals surface area contributed by atoms with Crippen molar-refractivity contribution < 1.29 is 19.1 Å². The second kappa shape index (κ2) is 7.51. The minimum Gasteiger partial charge on any atom is -0.454 e. The Labute approximate surface area is 160 Å². The zero-order valence-corrected chi connectivity index (χ0v) is 17.3. The van der Waals surface area contributed by atoms with Gasteiger partial charge in [0.25, 0.3) is 0 Å². The molecule has 2 aromatic rings. The Hall–Kier alpha value is -2.69. The molecule has 0 spiro atoms. The number of aryl methyl sites for hydroxylation is 1. The van der Waals surface area contributed by atoms with E-state index in [0.29, 0.717) is 28.1 Å². The lowest BCUT2D eigenvalue weighted by molar-refractivity contribution is 0.0471. The van der Waals surface area contributed by atoms with Crippen LogP contribution in [0.5, 0.6) is 0 Å². The topological polar surface area (TPSA) is 76.2 Å². The molecule has 5 heteroatoms. The maximum Gasteiger partial charge on any atom is 0.339 e. The van der Waals surface area contributed by atoms with Gasteiger partial charge in [0.05, 0.1) is 11.3 Å². The van der Waals surface area contributed by atoms with Gasteiger partial charge in [-0.15, -0.1) is 0 Å². The van der Waals surface area contributed by atoms with Crippen molar-refractivity contribution in [2.45, 2.75) is 55.4 Å². The average molecular weight is 369 g/mol. The fraction of sp³-hybridized carbons (Fsp3) is 0.409. The van der Waals surface area contributed by atoms with Crippen LogP contribution in [0.3, 0.4) is 0 Å². The van der Waals surface area contributed by atoms with Crippen LogP contribution in [0, 0.1) is 48.5 Å². The van der Waals surface area contributed by atoms with E-state index in [1.807, 2.05) is 34.6 Å². The van der Waals surface area contributed by atoms with E-state index in [-0.39, 0.29) is 18.2 Å². The molecular formula is C22H27NO4. The van der Waals surface area contributed by atoms with Gasteiger partial charge >= 0.3 is 5.97 Å². The number of hydrogen-bond acceptors (Lipinski definition) is 4. The predicted molar refractivity (Wildman–Crippen MR) is 105 cm³/mol. The molecule has 1 aromatic heterocycles. The average Bonchev–Trinajstić information content (AvgIpc) is 2.90. The number of esters is 1. The number of aromatic amines is 1. The van der Waals surface area contributed by atoms with Gasteiger partial charge in [0.15, 0.2) is 12.4 Å². The summed E-state index contributed by atoms with van der Waals surface area (Å²) in [6.07, 6.45) is 0. The molecule has 0 aliphatic carbocycles. The van der Waals surface area contributed by atoms with Crippen LogP contribution in [0.25, 0.3) is 0 Å². The molecule has 0 atom stereocenters. The van der Waals surface area contributed by atoms with Gasteiger partial charge in [0.1, 0.15) is 0 Å². The van der Waals surface area contributed by atoms with Crippen LogP contribution in [0.4, 0.5) is 0 Å². The second-order valence-electron chi connectivity index (χ2n) is 7.18. The number of Topliss-reactive ketones (excluding diaryl/α,β-unsaturated/α-hetero) is 2. The quantitative estimate of drug-likeness (QED) is 0.625. The van der Waals surface area contributed by atoms with Gasteiger partial charge in [0.2, 0.25) is 5.78 Å². The van der Waals surface area contributed by atoms with Crippen LogP contribution in [-0.2, 0) is 4.74 Å². The molecule has 5 nitrogen and oxygen atoms in total. The Kier molecular flexibility index (Phi) is 5.73. The molecule has 144 valence electrons. The van der Waals surface area contributed by atoms with Crippen molar-refractivity contribution in [3.63, 3.8) is 0 Å². The molecule has 0 aliphatic rings. The zero-order chi connectivity index (χ0) is 20.6. The van der Waals surface area contributed by atoms with Crippen LogP contribution in [-0.4, -0.2) is 29.1 Å². The number of rotatable bonds is 5. The maximum atomic E-state index is 12.7. The van der Waals surface area contributed by atoms with E-state index < -0.39 is 5.97 Å². The van der Waals surface area contributed by atoms with Gasteiger partial charge in [-0.3, -0.25) is 9.59 Å². The molecule has 0 amide bonds. The van der Waals surface area contributed by atoms with Gasteiger partial charge in [-0.25, -0.2) is 4.79 Å². The summed E-state index contributed by atoms with van der Waals surface area (Å²) in [6, 6.07) is 0. The zero-order valence-electron chi connectivity index (χ0n) is 17.3. The minimum absolute atomic E-state index is 0.103. The highest BCUT2D eigenvalue weighted by Gasteiger charge is 2.23. The number of nitrogens with one attached hydrogen (secondary N) is 1. The lowest BCUT2D eigenvalue weighted by Gasteiger charge is -2.17. The Balaban J connectivity index is 2.26. The Morgan fingerprint density at radius 2 is 1.22 bits per heavy atom. The molecule has 1 heterocycles. The summed E-state index contributed by atoms with van der Waals surface area (Å²) in [5.74, 6) is -0.960. The van der Waals surface area contributed by atoms with E-state index >= 15 is 0 Å². The van der Waals surface area contributed by atoms with Crippen molar-refractivity contribution >= 4 is 17.5 Å². The fourth-order valence-electron chi connectivity index (χ4n) is 3.64. The summed E-state index contributed by atoms with van der Waals surface area (Å²) in [5.41, 5.74) is 7.60. The molecule has 0 unspecified atom stereocenters. The molecule has 0 fully saturated rings. The van der Waals surface area contributed by atoms with E-state index in [0.717, 1.165) is 27.8 Å². The maximum absolute atomic E-state index is 12.7. The molecule has 0 saturated carbocycles. The number of ether oxygens (including phenoxy) is 1. The first kappa shape index (κ1) is 20.6. The van der Waals surface area contributed by atoms with Gasteiger partial charge in [-0.1, -0.05) is 0 Å². The first-order chi connectivity index (χ1) is 12.5. The molecule has 0 saturated heterocycles. The smallest absolute Gasteiger partial charge is 0.339 e. The number of hydrogen-bond donors (Lipinski definition) is 1. The van der Waals surface area contributed by atoms with Crippen LogP contribution in [0.2, 0.25) is 0 Å². The van der Waals surface area contributed by atoms with E-state index in [2.05, 4.69) is 4.98 Å². The number of ketones is 2. The standard InChI is InChI=1S/C22H27NO4/c1-10-11(2)13(4)19(14(5)12(10)3)22(26)27-9-18(25)21-15(6)20(17(8)24)16(7)23-21/h23H,9H2,1-8H3. The summed E-state index contributed by atoms with van der Waals surface area (Å²) in [5, 5.41) is 0. The number of carbonyl (C=O) groups excluding carboxylic acids is 3. The van der Waals surface area contributed by atoms with E-state index in [1.165, 1.54) is 6.92 Å². The lowest BCUT2D eigenvalue weighted by atomic mass is 9.90. The number of carbonyl (C=O) groups is 3. The first-order valence-corrected chi connectivity index (χ1v) is 8.96. The van der Waals surface area contributed by atoms with E-state index in [4.69, 9.17) is 4.74 Å². The summed E-state index contributed by atoms with van der Waals surface area (Å²) in [6.45, 7) is 14.3. The number of benzene rings is 1. The molecule has 1 aromatic carbocycles. The molecule has 2 rings (SSSR count).